The summed E-state index contributed by atoms with van der Waals surface area (Å²) in [5.41, 5.74) is 4.15. The molecule has 1 N–H and O–H groups in total. The smallest absolute Gasteiger partial charge is 0.251 e. The van der Waals surface area contributed by atoms with E-state index in [0.717, 1.165) is 27.9 Å². The average Bonchev–Trinajstić information content (AvgIpc) is 3.01. The Kier molecular flexibility index (Phi) is 5.62. The zero-order chi connectivity index (χ0) is 22.2. The number of pyridine rings is 1. The number of sulfone groups is 1. The van der Waals surface area contributed by atoms with Crippen LogP contribution in [0.2, 0.25) is 5.02 Å². The molecule has 0 aliphatic carbocycles. The van der Waals surface area contributed by atoms with Crippen LogP contribution in [-0.2, 0) is 9.84 Å². The first-order valence-electron chi connectivity index (χ1n) is 10.0. The van der Waals surface area contributed by atoms with Crippen molar-refractivity contribution in [3.63, 3.8) is 0 Å². The molecular weight excluding hydrogens is 432 g/mol. The van der Waals surface area contributed by atoms with Crippen LogP contribution in [0, 0.1) is 6.92 Å². The lowest BCUT2D eigenvalue weighted by Gasteiger charge is -2.24. The molecule has 31 heavy (non-hydrogen) atoms. The van der Waals surface area contributed by atoms with Gasteiger partial charge in [0.15, 0.2) is 9.84 Å². The van der Waals surface area contributed by atoms with E-state index in [9.17, 15) is 13.2 Å². The van der Waals surface area contributed by atoms with Gasteiger partial charge in [-0.3, -0.25) is 9.78 Å². The van der Waals surface area contributed by atoms with E-state index in [1.54, 1.807) is 13.1 Å². The summed E-state index contributed by atoms with van der Waals surface area (Å²) in [6.07, 6.45) is 2.14. The van der Waals surface area contributed by atoms with Crippen LogP contribution in [-0.4, -0.2) is 36.4 Å². The molecule has 0 saturated carbocycles. The van der Waals surface area contributed by atoms with Gasteiger partial charge in [-0.1, -0.05) is 29.8 Å². The minimum Gasteiger partial charge on any atom is -0.346 e. The number of hydrogen-bond donors (Lipinski definition) is 1. The lowest BCUT2D eigenvalue weighted by molar-refractivity contribution is 0.0915. The first-order valence-corrected chi connectivity index (χ1v) is 12.2. The van der Waals surface area contributed by atoms with Crippen LogP contribution in [0.25, 0.3) is 22.3 Å². The molecule has 1 aliphatic heterocycles. The van der Waals surface area contributed by atoms with E-state index >= 15 is 0 Å². The largest absolute Gasteiger partial charge is 0.346 e. The highest BCUT2D eigenvalue weighted by Gasteiger charge is 2.39. The monoisotopic (exact) mass is 454 g/mol. The molecule has 160 valence electrons. The Hall–Kier alpha value is -2.70. The molecule has 2 aromatic carbocycles. The van der Waals surface area contributed by atoms with Crippen LogP contribution in [0.1, 0.15) is 29.4 Å². The van der Waals surface area contributed by atoms with Crippen molar-refractivity contribution in [3.8, 4) is 22.3 Å². The number of aryl methyl sites for hydroxylation is 1. The number of rotatable bonds is 4. The minimum absolute atomic E-state index is 0.0445. The second-order valence-electron chi connectivity index (χ2n) is 8.30. The molecule has 0 radical (unpaired) electrons. The van der Waals surface area contributed by atoms with Crippen LogP contribution >= 0.6 is 11.6 Å². The third kappa shape index (κ3) is 4.81. The SMILES string of the molecule is Cc1ncccc1-c1cc(C(=O)NC2(C)CCS(=O)(=O)C2)cc(-c2ccc(Cl)cc2)c1. The molecule has 2 heterocycles. The Bertz CT molecular complexity index is 1260. The average molecular weight is 455 g/mol. The van der Waals surface area contributed by atoms with Gasteiger partial charge in [0.1, 0.15) is 0 Å². The molecule has 1 atom stereocenters. The van der Waals surface area contributed by atoms with Gasteiger partial charge in [0.25, 0.3) is 5.91 Å². The lowest BCUT2D eigenvalue weighted by atomic mass is 9.94. The number of carbonyl (C=O) groups excluding carboxylic acids is 1. The molecule has 1 unspecified atom stereocenters. The molecule has 4 rings (SSSR count). The number of hydrogen-bond acceptors (Lipinski definition) is 4. The molecule has 3 aromatic rings. The molecule has 1 fully saturated rings. The van der Waals surface area contributed by atoms with Crippen LogP contribution in [0.5, 0.6) is 0 Å². The topological polar surface area (TPSA) is 76.1 Å². The number of amides is 1. The summed E-state index contributed by atoms with van der Waals surface area (Å²) in [5, 5.41) is 3.59. The van der Waals surface area contributed by atoms with Crippen LogP contribution < -0.4 is 5.32 Å². The zero-order valence-electron chi connectivity index (χ0n) is 17.4. The van der Waals surface area contributed by atoms with Crippen LogP contribution in [0.4, 0.5) is 0 Å². The quantitative estimate of drug-likeness (QED) is 0.620. The summed E-state index contributed by atoms with van der Waals surface area (Å²) in [6.45, 7) is 3.71. The highest BCUT2D eigenvalue weighted by molar-refractivity contribution is 7.91. The van der Waals surface area contributed by atoms with Crippen LogP contribution in [0.15, 0.2) is 60.8 Å². The number of nitrogens with zero attached hydrogens (tertiary/aromatic N) is 1. The van der Waals surface area contributed by atoms with Crippen molar-refractivity contribution in [2.75, 3.05) is 11.5 Å². The highest BCUT2D eigenvalue weighted by Crippen LogP contribution is 2.31. The molecule has 1 saturated heterocycles. The maximum atomic E-state index is 13.2. The first-order chi connectivity index (χ1) is 14.6. The zero-order valence-corrected chi connectivity index (χ0v) is 18.9. The van der Waals surface area contributed by atoms with E-state index in [1.807, 2.05) is 61.5 Å². The van der Waals surface area contributed by atoms with Crippen molar-refractivity contribution in [1.82, 2.24) is 10.3 Å². The molecule has 1 aliphatic rings. The van der Waals surface area contributed by atoms with Gasteiger partial charge in [0.2, 0.25) is 0 Å². The first kappa shape index (κ1) is 21.5. The molecule has 5 nitrogen and oxygen atoms in total. The highest BCUT2D eigenvalue weighted by atomic mass is 35.5. The number of benzene rings is 2. The second-order valence-corrected chi connectivity index (χ2v) is 10.9. The third-order valence-electron chi connectivity index (χ3n) is 5.61. The summed E-state index contributed by atoms with van der Waals surface area (Å²) < 4.78 is 23.9. The van der Waals surface area contributed by atoms with E-state index < -0.39 is 15.4 Å². The number of aromatic nitrogens is 1. The summed E-state index contributed by atoms with van der Waals surface area (Å²) in [5.74, 6) is -0.246. The summed E-state index contributed by atoms with van der Waals surface area (Å²) in [4.78, 5) is 17.5. The Balaban J connectivity index is 1.77. The predicted molar refractivity (Wildman–Crippen MR) is 124 cm³/mol. The second kappa shape index (κ2) is 8.09. The molecule has 0 spiro atoms. The minimum atomic E-state index is -3.13. The van der Waals surface area contributed by atoms with E-state index in [4.69, 9.17) is 11.6 Å². The van der Waals surface area contributed by atoms with Gasteiger partial charge in [-0.05, 0) is 73.4 Å². The van der Waals surface area contributed by atoms with Gasteiger partial charge < -0.3 is 5.32 Å². The summed E-state index contributed by atoms with van der Waals surface area (Å²) in [7, 11) is -3.13. The molecule has 1 amide bonds. The number of carbonyl (C=O) groups is 1. The summed E-state index contributed by atoms with van der Waals surface area (Å²) in [6, 6.07) is 16.9. The third-order valence-corrected chi connectivity index (χ3v) is 7.76. The maximum absolute atomic E-state index is 13.2. The normalized spacial score (nSPS) is 19.8. The van der Waals surface area contributed by atoms with Crippen molar-refractivity contribution in [2.45, 2.75) is 25.8 Å². The molecule has 0 bridgehead atoms. The standard InChI is InChI=1S/C24H23ClN2O3S/c1-16-22(4-3-10-26-16)19-12-18(17-5-7-21(25)8-6-17)13-20(14-19)23(28)27-24(2)9-11-31(29,30)15-24/h3-8,10,12-14H,9,11,15H2,1-2H3,(H,27,28). The van der Waals surface area contributed by atoms with E-state index in [2.05, 4.69) is 10.3 Å². The Morgan fingerprint density at radius 3 is 2.42 bits per heavy atom. The van der Waals surface area contributed by atoms with Gasteiger partial charge in [-0.25, -0.2) is 8.42 Å². The van der Waals surface area contributed by atoms with Crippen molar-refractivity contribution in [1.29, 1.82) is 0 Å². The number of halogens is 1. The lowest BCUT2D eigenvalue weighted by Crippen LogP contribution is -2.46. The van der Waals surface area contributed by atoms with Gasteiger partial charge >= 0.3 is 0 Å². The maximum Gasteiger partial charge on any atom is 0.251 e. The van der Waals surface area contributed by atoms with Crippen molar-refractivity contribution >= 4 is 27.3 Å². The van der Waals surface area contributed by atoms with Gasteiger partial charge in [0.05, 0.1) is 17.0 Å². The molecular formula is C24H23ClN2O3S. The Morgan fingerprint density at radius 2 is 1.77 bits per heavy atom. The van der Waals surface area contributed by atoms with E-state index in [-0.39, 0.29) is 17.4 Å². The predicted octanol–water partition coefficient (Wildman–Crippen LogP) is 4.68. The van der Waals surface area contributed by atoms with E-state index in [0.29, 0.717) is 17.0 Å². The van der Waals surface area contributed by atoms with Gasteiger partial charge in [0, 0.05) is 28.0 Å². The number of nitrogens with one attached hydrogen (secondary N) is 1. The summed E-state index contributed by atoms with van der Waals surface area (Å²) >= 11 is 6.04. The van der Waals surface area contributed by atoms with Gasteiger partial charge in [-0.2, -0.15) is 0 Å². The van der Waals surface area contributed by atoms with E-state index in [1.165, 1.54) is 0 Å². The van der Waals surface area contributed by atoms with Crippen molar-refractivity contribution in [3.05, 3.63) is 77.1 Å². The Labute approximate surface area is 187 Å². The van der Waals surface area contributed by atoms with Crippen molar-refractivity contribution in [2.24, 2.45) is 0 Å². The van der Waals surface area contributed by atoms with Gasteiger partial charge in [-0.15, -0.1) is 0 Å². The fourth-order valence-electron chi connectivity index (χ4n) is 3.97. The molecule has 1 aromatic heterocycles. The molecule has 7 heteroatoms. The Morgan fingerprint density at radius 1 is 1.06 bits per heavy atom. The van der Waals surface area contributed by atoms with Crippen molar-refractivity contribution < 1.29 is 13.2 Å². The fraction of sp³-hybridized carbons (Fsp3) is 0.250. The van der Waals surface area contributed by atoms with Crippen LogP contribution in [0.3, 0.4) is 0 Å². The fourth-order valence-corrected chi connectivity index (χ4v) is 6.19.